The van der Waals surface area contributed by atoms with Crippen LogP contribution in [0.4, 0.5) is 0 Å². The maximum Gasteiger partial charge on any atom is 0.225 e. The van der Waals surface area contributed by atoms with E-state index in [1.54, 1.807) is 7.11 Å². The van der Waals surface area contributed by atoms with Gasteiger partial charge in [-0.1, -0.05) is 26.7 Å². The molecule has 0 rings (SSSR count). The summed E-state index contributed by atoms with van der Waals surface area (Å²) in [7, 11) is 1.60. The first-order chi connectivity index (χ1) is 7.15. The van der Waals surface area contributed by atoms with Crippen LogP contribution < -0.4 is 11.1 Å². The van der Waals surface area contributed by atoms with E-state index in [1.807, 2.05) is 6.92 Å². The number of nitrogens with two attached hydrogens (primary N) is 1. The first-order valence-electron chi connectivity index (χ1n) is 5.65. The minimum Gasteiger partial charge on any atom is -0.384 e. The predicted molar refractivity (Wildman–Crippen MR) is 68.8 cm³/mol. The Morgan fingerprint density at radius 1 is 1.50 bits per heavy atom. The topological polar surface area (TPSA) is 64.3 Å². The van der Waals surface area contributed by atoms with Gasteiger partial charge in [0.05, 0.1) is 12.5 Å². The van der Waals surface area contributed by atoms with Crippen LogP contribution in [0, 0.1) is 5.92 Å². The molecule has 0 bridgehead atoms. The van der Waals surface area contributed by atoms with Gasteiger partial charge in [-0.05, 0) is 6.42 Å². The molecule has 0 aromatic rings. The van der Waals surface area contributed by atoms with E-state index >= 15 is 0 Å². The van der Waals surface area contributed by atoms with Gasteiger partial charge in [0.2, 0.25) is 5.91 Å². The highest BCUT2D eigenvalue weighted by Crippen LogP contribution is 2.02. The number of methoxy groups -OCH3 is 1. The van der Waals surface area contributed by atoms with Crippen molar-refractivity contribution in [3.63, 3.8) is 0 Å². The SMILES string of the molecule is CCCCC(CN)NC(=O)C(C)COC.Cl. The van der Waals surface area contributed by atoms with Crippen LogP contribution in [0.3, 0.4) is 0 Å². The molecule has 0 aromatic carbocycles. The van der Waals surface area contributed by atoms with Crippen molar-refractivity contribution in [1.82, 2.24) is 5.32 Å². The molecule has 0 aliphatic heterocycles. The summed E-state index contributed by atoms with van der Waals surface area (Å²) in [6.45, 7) is 4.94. The van der Waals surface area contributed by atoms with Crippen LogP contribution in [-0.2, 0) is 9.53 Å². The van der Waals surface area contributed by atoms with Crippen LogP contribution >= 0.6 is 12.4 Å². The highest BCUT2D eigenvalue weighted by molar-refractivity contribution is 5.85. The highest BCUT2D eigenvalue weighted by Gasteiger charge is 2.16. The van der Waals surface area contributed by atoms with Crippen molar-refractivity contribution >= 4 is 18.3 Å². The largest absolute Gasteiger partial charge is 0.384 e. The number of carbonyl (C=O) groups is 1. The molecule has 5 heteroatoms. The predicted octanol–water partition coefficient (Wildman–Crippen LogP) is 1.32. The molecule has 98 valence electrons. The summed E-state index contributed by atoms with van der Waals surface area (Å²) in [4.78, 5) is 11.6. The second-order valence-corrected chi connectivity index (χ2v) is 3.94. The van der Waals surface area contributed by atoms with Gasteiger partial charge in [0.15, 0.2) is 0 Å². The van der Waals surface area contributed by atoms with E-state index in [0.29, 0.717) is 13.2 Å². The average molecular weight is 253 g/mol. The maximum atomic E-state index is 11.6. The molecule has 0 aliphatic rings. The Hall–Kier alpha value is -0.320. The zero-order chi connectivity index (χ0) is 11.7. The Morgan fingerprint density at radius 2 is 2.12 bits per heavy atom. The normalized spacial score (nSPS) is 13.8. The van der Waals surface area contributed by atoms with Crippen LogP contribution in [-0.4, -0.2) is 32.2 Å². The summed E-state index contributed by atoms with van der Waals surface area (Å²) < 4.78 is 4.93. The number of amides is 1. The maximum absolute atomic E-state index is 11.6. The molecule has 0 fully saturated rings. The van der Waals surface area contributed by atoms with Crippen LogP contribution in [0.15, 0.2) is 0 Å². The van der Waals surface area contributed by atoms with E-state index < -0.39 is 0 Å². The molecule has 0 aliphatic carbocycles. The van der Waals surface area contributed by atoms with Crippen LogP contribution in [0.25, 0.3) is 0 Å². The molecule has 1 amide bonds. The lowest BCUT2D eigenvalue weighted by Gasteiger charge is -2.19. The van der Waals surface area contributed by atoms with Crippen molar-refractivity contribution in [2.24, 2.45) is 11.7 Å². The lowest BCUT2D eigenvalue weighted by molar-refractivity contribution is -0.126. The smallest absolute Gasteiger partial charge is 0.225 e. The molecular weight excluding hydrogens is 228 g/mol. The van der Waals surface area contributed by atoms with E-state index in [1.165, 1.54) is 0 Å². The van der Waals surface area contributed by atoms with Gasteiger partial charge in [0, 0.05) is 19.7 Å². The van der Waals surface area contributed by atoms with Gasteiger partial charge in [-0.2, -0.15) is 0 Å². The number of unbranched alkanes of at least 4 members (excludes halogenated alkanes) is 1. The number of halogens is 1. The fourth-order valence-electron chi connectivity index (χ4n) is 1.37. The molecule has 0 saturated carbocycles. The molecule has 4 nitrogen and oxygen atoms in total. The quantitative estimate of drug-likeness (QED) is 0.685. The highest BCUT2D eigenvalue weighted by atomic mass is 35.5. The molecule has 0 heterocycles. The summed E-state index contributed by atoms with van der Waals surface area (Å²) in [5.41, 5.74) is 5.59. The van der Waals surface area contributed by atoms with Crippen LogP contribution in [0.5, 0.6) is 0 Å². The lowest BCUT2D eigenvalue weighted by atomic mass is 10.1. The summed E-state index contributed by atoms with van der Waals surface area (Å²) in [5.74, 6) is -0.0749. The van der Waals surface area contributed by atoms with Crippen molar-refractivity contribution in [3.8, 4) is 0 Å². The zero-order valence-electron chi connectivity index (χ0n) is 10.5. The second-order valence-electron chi connectivity index (χ2n) is 3.94. The molecule has 0 radical (unpaired) electrons. The Balaban J connectivity index is 0. The average Bonchev–Trinajstić information content (AvgIpc) is 2.24. The van der Waals surface area contributed by atoms with Gasteiger partial charge < -0.3 is 15.8 Å². The fourth-order valence-corrected chi connectivity index (χ4v) is 1.37. The molecule has 0 aromatic heterocycles. The molecule has 2 unspecified atom stereocenters. The molecular formula is C11H25ClN2O2. The van der Waals surface area contributed by atoms with Crippen molar-refractivity contribution in [1.29, 1.82) is 0 Å². The number of hydrogen-bond acceptors (Lipinski definition) is 3. The van der Waals surface area contributed by atoms with Gasteiger partial charge in [0.1, 0.15) is 0 Å². The lowest BCUT2D eigenvalue weighted by Crippen LogP contribution is -2.43. The molecule has 16 heavy (non-hydrogen) atoms. The minimum absolute atomic E-state index is 0. The first-order valence-corrected chi connectivity index (χ1v) is 5.65. The van der Waals surface area contributed by atoms with E-state index in [2.05, 4.69) is 12.2 Å². The third kappa shape index (κ3) is 7.91. The van der Waals surface area contributed by atoms with Gasteiger partial charge in [0.25, 0.3) is 0 Å². The Kier molecular flexibility index (Phi) is 12.6. The van der Waals surface area contributed by atoms with Crippen LogP contribution in [0.2, 0.25) is 0 Å². The van der Waals surface area contributed by atoms with E-state index in [-0.39, 0.29) is 30.3 Å². The number of ether oxygens (including phenoxy) is 1. The Labute approximate surface area is 105 Å². The zero-order valence-corrected chi connectivity index (χ0v) is 11.3. The first kappa shape index (κ1) is 18.1. The molecule has 0 spiro atoms. The molecule has 3 N–H and O–H groups in total. The third-order valence-corrected chi connectivity index (χ3v) is 2.40. The standard InChI is InChI=1S/C11H24N2O2.ClH/c1-4-5-6-10(7-12)13-11(14)9(2)8-15-3;/h9-10H,4-8,12H2,1-3H3,(H,13,14);1H. The van der Waals surface area contributed by atoms with E-state index in [4.69, 9.17) is 10.5 Å². The van der Waals surface area contributed by atoms with E-state index in [0.717, 1.165) is 19.3 Å². The summed E-state index contributed by atoms with van der Waals surface area (Å²) in [5, 5.41) is 2.94. The van der Waals surface area contributed by atoms with Crippen molar-refractivity contribution in [2.45, 2.75) is 39.2 Å². The van der Waals surface area contributed by atoms with Crippen molar-refractivity contribution < 1.29 is 9.53 Å². The number of carbonyl (C=O) groups excluding carboxylic acids is 1. The summed E-state index contributed by atoms with van der Waals surface area (Å²) in [6, 6.07) is 0.108. The van der Waals surface area contributed by atoms with Gasteiger partial charge >= 0.3 is 0 Å². The van der Waals surface area contributed by atoms with Gasteiger partial charge in [-0.25, -0.2) is 0 Å². The van der Waals surface area contributed by atoms with Crippen molar-refractivity contribution in [3.05, 3.63) is 0 Å². The number of hydrogen-bond donors (Lipinski definition) is 2. The number of nitrogens with one attached hydrogen (secondary N) is 1. The molecule has 0 saturated heterocycles. The Bertz CT molecular complexity index is 179. The number of rotatable bonds is 8. The van der Waals surface area contributed by atoms with Gasteiger partial charge in [-0.15, -0.1) is 12.4 Å². The second kappa shape index (κ2) is 11.2. The Morgan fingerprint density at radius 3 is 2.56 bits per heavy atom. The monoisotopic (exact) mass is 252 g/mol. The van der Waals surface area contributed by atoms with Crippen molar-refractivity contribution in [2.75, 3.05) is 20.3 Å². The third-order valence-electron chi connectivity index (χ3n) is 2.40. The van der Waals surface area contributed by atoms with Crippen LogP contribution in [0.1, 0.15) is 33.1 Å². The van der Waals surface area contributed by atoms with Gasteiger partial charge in [-0.3, -0.25) is 4.79 Å². The summed E-state index contributed by atoms with van der Waals surface area (Å²) in [6.07, 6.45) is 3.18. The van der Waals surface area contributed by atoms with E-state index in [9.17, 15) is 4.79 Å². The molecule has 2 atom stereocenters. The fraction of sp³-hybridized carbons (Fsp3) is 0.909. The summed E-state index contributed by atoms with van der Waals surface area (Å²) >= 11 is 0. The minimum atomic E-state index is -0.106.